The largest absolute Gasteiger partial charge is 0.355 e. The molecule has 2 aromatic rings. The molecule has 1 N–H and O–H groups in total. The van der Waals surface area contributed by atoms with Gasteiger partial charge in [0.25, 0.3) is 5.91 Å². The van der Waals surface area contributed by atoms with E-state index in [9.17, 15) is 4.79 Å². The molecule has 0 saturated carbocycles. The maximum Gasteiger partial charge on any atom is 0.257 e. The molecule has 7 heteroatoms. The molecular weight excluding hydrogens is 323 g/mol. The normalized spacial score (nSPS) is 14.2. The topological polar surface area (TPSA) is 58.1 Å². The summed E-state index contributed by atoms with van der Waals surface area (Å²) in [6.07, 6.45) is 5.32. The molecule has 1 aromatic carbocycles. The van der Waals surface area contributed by atoms with Crippen molar-refractivity contribution < 1.29 is 4.79 Å². The van der Waals surface area contributed by atoms with Crippen LogP contribution in [0.3, 0.4) is 0 Å². The predicted octanol–water partition coefficient (Wildman–Crippen LogP) is 3.64. The van der Waals surface area contributed by atoms with Gasteiger partial charge in [-0.05, 0) is 25.0 Å². The van der Waals surface area contributed by atoms with Gasteiger partial charge >= 0.3 is 0 Å². The summed E-state index contributed by atoms with van der Waals surface area (Å²) < 4.78 is 0. The Balaban J connectivity index is 1.87. The first-order chi connectivity index (χ1) is 10.7. The van der Waals surface area contributed by atoms with E-state index in [1.807, 2.05) is 0 Å². The van der Waals surface area contributed by atoms with E-state index in [-0.39, 0.29) is 10.9 Å². The quantitative estimate of drug-likeness (QED) is 0.929. The zero-order valence-corrected chi connectivity index (χ0v) is 13.2. The van der Waals surface area contributed by atoms with Crippen molar-refractivity contribution in [2.45, 2.75) is 12.8 Å². The summed E-state index contributed by atoms with van der Waals surface area (Å²) in [7, 11) is 0. The average Bonchev–Trinajstić information content (AvgIpc) is 3.04. The van der Waals surface area contributed by atoms with Gasteiger partial charge in [0.1, 0.15) is 12.0 Å². The van der Waals surface area contributed by atoms with E-state index >= 15 is 0 Å². The third-order valence-electron chi connectivity index (χ3n) is 3.54. The highest BCUT2D eigenvalue weighted by Gasteiger charge is 2.20. The lowest BCUT2D eigenvalue weighted by Crippen LogP contribution is -2.22. The third kappa shape index (κ3) is 3.00. The number of aromatic nitrogens is 2. The molecule has 0 unspecified atom stereocenters. The Kier molecular flexibility index (Phi) is 4.45. The summed E-state index contributed by atoms with van der Waals surface area (Å²) in [4.78, 5) is 22.8. The molecule has 0 spiro atoms. The minimum absolute atomic E-state index is 0.237. The van der Waals surface area contributed by atoms with Crippen LogP contribution in [0.25, 0.3) is 0 Å². The number of amides is 1. The van der Waals surface area contributed by atoms with Crippen molar-refractivity contribution in [1.29, 1.82) is 0 Å². The van der Waals surface area contributed by atoms with E-state index in [1.165, 1.54) is 6.33 Å². The molecule has 3 rings (SSSR count). The molecule has 22 heavy (non-hydrogen) atoms. The number of benzene rings is 1. The molecule has 1 saturated heterocycles. The van der Waals surface area contributed by atoms with Crippen LogP contribution >= 0.6 is 23.2 Å². The highest BCUT2D eigenvalue weighted by Crippen LogP contribution is 2.29. The van der Waals surface area contributed by atoms with Gasteiger partial charge in [-0.3, -0.25) is 4.79 Å². The second kappa shape index (κ2) is 6.50. The Hall–Kier alpha value is -1.85. The van der Waals surface area contributed by atoms with Crippen molar-refractivity contribution in [3.63, 3.8) is 0 Å². The van der Waals surface area contributed by atoms with E-state index < -0.39 is 0 Å². The predicted molar refractivity (Wildman–Crippen MR) is 87.9 cm³/mol. The van der Waals surface area contributed by atoms with Gasteiger partial charge in [-0.15, -0.1) is 0 Å². The summed E-state index contributed by atoms with van der Waals surface area (Å²) in [5, 5.41) is 3.41. The number of anilines is 2. The van der Waals surface area contributed by atoms with Gasteiger partial charge in [-0.25, -0.2) is 9.97 Å². The molecule has 1 aromatic heterocycles. The summed E-state index contributed by atoms with van der Waals surface area (Å²) in [5.74, 6) is 0.404. The van der Waals surface area contributed by atoms with Gasteiger partial charge in [0.2, 0.25) is 0 Å². The number of hydrogen-bond donors (Lipinski definition) is 1. The number of nitrogens with one attached hydrogen (secondary N) is 1. The Morgan fingerprint density at radius 1 is 1.23 bits per heavy atom. The van der Waals surface area contributed by atoms with E-state index in [1.54, 1.807) is 24.4 Å². The molecule has 1 amide bonds. The number of carbonyl (C=O) groups is 1. The van der Waals surface area contributed by atoms with Crippen molar-refractivity contribution in [3.8, 4) is 0 Å². The molecule has 1 aliphatic heterocycles. The lowest BCUT2D eigenvalue weighted by molar-refractivity contribution is 0.102. The first kappa shape index (κ1) is 15.1. The van der Waals surface area contributed by atoms with Crippen LogP contribution in [0.1, 0.15) is 23.2 Å². The van der Waals surface area contributed by atoms with E-state index in [4.69, 9.17) is 23.2 Å². The Labute approximate surface area is 138 Å². The molecule has 0 atom stereocenters. The van der Waals surface area contributed by atoms with Crippen LogP contribution in [0, 0.1) is 0 Å². The first-order valence-electron chi connectivity index (χ1n) is 6.97. The molecular formula is C15H14Cl2N4O. The van der Waals surface area contributed by atoms with Crippen LogP contribution in [0.4, 0.5) is 11.5 Å². The van der Waals surface area contributed by atoms with Crippen molar-refractivity contribution in [1.82, 2.24) is 9.97 Å². The van der Waals surface area contributed by atoms with E-state index in [2.05, 4.69) is 20.2 Å². The van der Waals surface area contributed by atoms with Crippen LogP contribution in [0.5, 0.6) is 0 Å². The number of nitrogens with zero attached hydrogens (tertiary/aromatic N) is 3. The molecule has 0 bridgehead atoms. The third-order valence-corrected chi connectivity index (χ3v) is 4.36. The lowest BCUT2D eigenvalue weighted by atomic mass is 10.2. The fraction of sp³-hybridized carbons (Fsp3) is 0.267. The maximum absolute atomic E-state index is 12.4. The zero-order valence-electron chi connectivity index (χ0n) is 11.7. The van der Waals surface area contributed by atoms with Gasteiger partial charge in [0.05, 0.1) is 21.8 Å². The van der Waals surface area contributed by atoms with Crippen LogP contribution in [-0.4, -0.2) is 29.0 Å². The molecule has 114 valence electrons. The van der Waals surface area contributed by atoms with Crippen LogP contribution in [0.2, 0.25) is 10.0 Å². The summed E-state index contributed by atoms with van der Waals surface area (Å²) in [6.45, 7) is 1.86. The fourth-order valence-corrected chi connectivity index (χ4v) is 2.85. The minimum Gasteiger partial charge on any atom is -0.355 e. The van der Waals surface area contributed by atoms with Crippen LogP contribution < -0.4 is 10.2 Å². The molecule has 0 aliphatic carbocycles. The monoisotopic (exact) mass is 336 g/mol. The second-order valence-electron chi connectivity index (χ2n) is 5.01. The van der Waals surface area contributed by atoms with Gasteiger partial charge in [-0.2, -0.15) is 0 Å². The SMILES string of the molecule is O=C(Nc1cncnc1N1CCCC1)c1cccc(Cl)c1Cl. The number of carbonyl (C=O) groups excluding carboxylic acids is 1. The fourth-order valence-electron chi connectivity index (χ4n) is 2.46. The smallest absolute Gasteiger partial charge is 0.257 e. The highest BCUT2D eigenvalue weighted by atomic mass is 35.5. The van der Waals surface area contributed by atoms with Crippen molar-refractivity contribution >= 4 is 40.6 Å². The molecule has 0 radical (unpaired) electrons. The number of rotatable bonds is 3. The Morgan fingerprint density at radius 3 is 2.77 bits per heavy atom. The van der Waals surface area contributed by atoms with E-state index in [0.717, 1.165) is 31.7 Å². The second-order valence-corrected chi connectivity index (χ2v) is 5.79. The lowest BCUT2D eigenvalue weighted by Gasteiger charge is -2.19. The van der Waals surface area contributed by atoms with Gasteiger partial charge in [0, 0.05) is 13.1 Å². The van der Waals surface area contributed by atoms with Gasteiger partial charge in [0.15, 0.2) is 5.82 Å². The van der Waals surface area contributed by atoms with Crippen LogP contribution in [0.15, 0.2) is 30.7 Å². The molecule has 2 heterocycles. The summed E-state index contributed by atoms with van der Waals surface area (Å²) >= 11 is 12.0. The van der Waals surface area contributed by atoms with E-state index in [0.29, 0.717) is 16.3 Å². The van der Waals surface area contributed by atoms with Gasteiger partial charge < -0.3 is 10.2 Å². The van der Waals surface area contributed by atoms with Crippen LogP contribution in [-0.2, 0) is 0 Å². The van der Waals surface area contributed by atoms with Crippen molar-refractivity contribution in [3.05, 3.63) is 46.3 Å². The maximum atomic E-state index is 12.4. The van der Waals surface area contributed by atoms with Gasteiger partial charge in [-0.1, -0.05) is 29.3 Å². The molecule has 1 fully saturated rings. The summed E-state index contributed by atoms with van der Waals surface area (Å²) in [6, 6.07) is 4.96. The average molecular weight is 337 g/mol. The standard InChI is InChI=1S/C15H14Cl2N4O/c16-11-5-3-4-10(13(11)17)15(22)20-12-8-18-9-19-14(12)21-6-1-2-7-21/h3-5,8-9H,1-2,6-7H2,(H,20,22). The Bertz CT molecular complexity index is 702. The summed E-state index contributed by atoms with van der Waals surface area (Å²) in [5.41, 5.74) is 0.899. The zero-order chi connectivity index (χ0) is 15.5. The number of halogens is 2. The number of hydrogen-bond acceptors (Lipinski definition) is 4. The molecule has 1 aliphatic rings. The first-order valence-corrected chi connectivity index (χ1v) is 7.72. The molecule has 5 nitrogen and oxygen atoms in total. The highest BCUT2D eigenvalue weighted by molar-refractivity contribution is 6.44. The Morgan fingerprint density at radius 2 is 2.00 bits per heavy atom. The minimum atomic E-state index is -0.331. The van der Waals surface area contributed by atoms with Crippen molar-refractivity contribution in [2.24, 2.45) is 0 Å². The van der Waals surface area contributed by atoms with Crippen molar-refractivity contribution in [2.75, 3.05) is 23.3 Å².